The quantitative estimate of drug-likeness (QED) is 0.796. The topological polar surface area (TPSA) is 69.3 Å². The molecule has 0 aromatic heterocycles. The van der Waals surface area contributed by atoms with Gasteiger partial charge in [-0.3, -0.25) is 9.69 Å². The van der Waals surface area contributed by atoms with E-state index in [1.165, 1.54) is 0 Å². The normalized spacial score (nSPS) is 18.6. The van der Waals surface area contributed by atoms with Crippen molar-refractivity contribution in [1.82, 2.24) is 4.90 Å². The van der Waals surface area contributed by atoms with Gasteiger partial charge in [-0.1, -0.05) is 11.6 Å². The fraction of sp³-hybridized carbons (Fsp3) is 0.409. The third kappa shape index (κ3) is 4.05. The predicted octanol–water partition coefficient (Wildman–Crippen LogP) is 3.79. The molecule has 0 saturated carbocycles. The van der Waals surface area contributed by atoms with Crippen LogP contribution in [0.3, 0.4) is 0 Å². The third-order valence-corrected chi connectivity index (χ3v) is 5.96. The lowest BCUT2D eigenvalue weighted by molar-refractivity contribution is -0.121. The van der Waals surface area contributed by atoms with Crippen molar-refractivity contribution in [3.63, 3.8) is 0 Å². The van der Waals surface area contributed by atoms with E-state index >= 15 is 0 Å². The average Bonchev–Trinajstić information content (AvgIpc) is 3.22. The SMILES string of the molecule is O=C(Nc1ccc2c(c1)OCO2)C1CCN(Cc2cc(Cl)cc3c2OCOC3)CC1. The van der Waals surface area contributed by atoms with Crippen LogP contribution in [0.1, 0.15) is 24.0 Å². The molecule has 30 heavy (non-hydrogen) atoms. The minimum atomic E-state index is -0.00963. The maximum absolute atomic E-state index is 12.7. The summed E-state index contributed by atoms with van der Waals surface area (Å²) in [5, 5.41) is 3.70. The molecule has 3 heterocycles. The minimum Gasteiger partial charge on any atom is -0.467 e. The number of benzene rings is 2. The van der Waals surface area contributed by atoms with Gasteiger partial charge in [-0.15, -0.1) is 0 Å². The zero-order valence-corrected chi connectivity index (χ0v) is 17.2. The van der Waals surface area contributed by atoms with E-state index in [2.05, 4.69) is 10.2 Å². The first kappa shape index (κ1) is 19.5. The highest BCUT2D eigenvalue weighted by atomic mass is 35.5. The van der Waals surface area contributed by atoms with Crippen LogP contribution in [0, 0.1) is 5.92 Å². The summed E-state index contributed by atoms with van der Waals surface area (Å²) in [6.45, 7) is 3.45. The number of halogens is 1. The Morgan fingerprint density at radius 3 is 2.77 bits per heavy atom. The van der Waals surface area contributed by atoms with Crippen molar-refractivity contribution >= 4 is 23.2 Å². The predicted molar refractivity (Wildman–Crippen MR) is 111 cm³/mol. The Bertz CT molecular complexity index is 959. The summed E-state index contributed by atoms with van der Waals surface area (Å²) in [7, 11) is 0. The van der Waals surface area contributed by atoms with Crippen molar-refractivity contribution in [2.75, 3.05) is 32.0 Å². The Hall–Kier alpha value is -2.48. The standard InChI is InChI=1S/C22H23ClN2O5/c23-17-7-15(21-16(8-17)11-27-12-30-21)10-25-5-3-14(4-6-25)22(26)24-18-1-2-19-20(9-18)29-13-28-19/h1-2,7-9,14H,3-6,10-13H2,(H,24,26). The number of hydrogen-bond donors (Lipinski definition) is 1. The lowest BCUT2D eigenvalue weighted by Crippen LogP contribution is -2.38. The Balaban J connectivity index is 1.18. The molecule has 0 bridgehead atoms. The molecule has 0 radical (unpaired) electrons. The van der Waals surface area contributed by atoms with Gasteiger partial charge in [-0.05, 0) is 50.2 Å². The maximum Gasteiger partial charge on any atom is 0.231 e. The second-order valence-electron chi connectivity index (χ2n) is 7.77. The monoisotopic (exact) mass is 430 g/mol. The molecule has 1 amide bonds. The van der Waals surface area contributed by atoms with Crippen LogP contribution >= 0.6 is 11.6 Å². The molecule has 1 N–H and O–H groups in total. The molecule has 3 aliphatic rings. The molecule has 2 aromatic rings. The molecule has 3 aliphatic heterocycles. The summed E-state index contributed by atoms with van der Waals surface area (Å²) in [5.41, 5.74) is 2.79. The second-order valence-corrected chi connectivity index (χ2v) is 8.21. The summed E-state index contributed by atoms with van der Waals surface area (Å²) in [6.07, 6.45) is 1.62. The van der Waals surface area contributed by atoms with Crippen LogP contribution in [-0.4, -0.2) is 37.5 Å². The van der Waals surface area contributed by atoms with Crippen LogP contribution in [0.5, 0.6) is 17.2 Å². The highest BCUT2D eigenvalue weighted by Crippen LogP contribution is 2.35. The molecule has 0 atom stereocenters. The molecule has 0 spiro atoms. The number of fused-ring (bicyclic) bond motifs is 2. The van der Waals surface area contributed by atoms with Crippen molar-refractivity contribution in [1.29, 1.82) is 0 Å². The van der Waals surface area contributed by atoms with Crippen LogP contribution in [-0.2, 0) is 22.7 Å². The highest BCUT2D eigenvalue weighted by molar-refractivity contribution is 6.30. The molecule has 8 heteroatoms. The van der Waals surface area contributed by atoms with E-state index in [0.717, 1.165) is 55.0 Å². The molecular weight excluding hydrogens is 408 g/mol. The van der Waals surface area contributed by atoms with Gasteiger partial charge in [-0.2, -0.15) is 0 Å². The van der Waals surface area contributed by atoms with E-state index < -0.39 is 0 Å². The number of carbonyl (C=O) groups is 1. The Morgan fingerprint density at radius 1 is 1.07 bits per heavy atom. The first-order valence-corrected chi connectivity index (χ1v) is 10.5. The van der Waals surface area contributed by atoms with Gasteiger partial charge in [0.15, 0.2) is 18.3 Å². The summed E-state index contributed by atoms with van der Waals surface area (Å²) >= 11 is 6.28. The van der Waals surface area contributed by atoms with Crippen molar-refractivity contribution in [2.24, 2.45) is 5.92 Å². The van der Waals surface area contributed by atoms with Crippen LogP contribution in [0.25, 0.3) is 0 Å². The van der Waals surface area contributed by atoms with Crippen molar-refractivity contribution in [3.05, 3.63) is 46.5 Å². The van der Waals surface area contributed by atoms with Gasteiger partial charge < -0.3 is 24.3 Å². The molecule has 1 fully saturated rings. The summed E-state index contributed by atoms with van der Waals surface area (Å²) < 4.78 is 21.8. The minimum absolute atomic E-state index is 0.00963. The van der Waals surface area contributed by atoms with E-state index in [0.29, 0.717) is 23.1 Å². The largest absolute Gasteiger partial charge is 0.467 e. The number of likely N-dealkylation sites (tertiary alicyclic amines) is 1. The van der Waals surface area contributed by atoms with Gasteiger partial charge in [0.1, 0.15) is 5.75 Å². The number of anilines is 1. The second kappa shape index (κ2) is 8.34. The number of ether oxygens (including phenoxy) is 4. The Morgan fingerprint density at radius 2 is 1.90 bits per heavy atom. The van der Waals surface area contributed by atoms with Crippen LogP contribution in [0.2, 0.25) is 5.02 Å². The molecule has 1 saturated heterocycles. The van der Waals surface area contributed by atoms with Crippen LogP contribution in [0.15, 0.2) is 30.3 Å². The summed E-state index contributed by atoms with van der Waals surface area (Å²) in [5.74, 6) is 2.30. The molecule has 0 unspecified atom stereocenters. The summed E-state index contributed by atoms with van der Waals surface area (Å²) in [4.78, 5) is 15.1. The van der Waals surface area contributed by atoms with Crippen molar-refractivity contribution < 1.29 is 23.7 Å². The number of nitrogens with zero attached hydrogens (tertiary/aromatic N) is 1. The number of amides is 1. The van der Waals surface area contributed by atoms with Gasteiger partial charge in [0.25, 0.3) is 0 Å². The van der Waals surface area contributed by atoms with Crippen molar-refractivity contribution in [2.45, 2.75) is 26.0 Å². The molecule has 7 nitrogen and oxygen atoms in total. The van der Waals surface area contributed by atoms with E-state index in [9.17, 15) is 4.79 Å². The first-order valence-electron chi connectivity index (χ1n) is 10.1. The average molecular weight is 431 g/mol. The number of hydrogen-bond acceptors (Lipinski definition) is 6. The molecule has 2 aromatic carbocycles. The molecule has 5 rings (SSSR count). The van der Waals surface area contributed by atoms with Gasteiger partial charge in [0.05, 0.1) is 6.61 Å². The van der Waals surface area contributed by atoms with Gasteiger partial charge in [-0.25, -0.2) is 0 Å². The smallest absolute Gasteiger partial charge is 0.231 e. The zero-order chi connectivity index (χ0) is 20.5. The van der Waals surface area contributed by atoms with E-state index in [4.69, 9.17) is 30.5 Å². The fourth-order valence-electron chi connectivity index (χ4n) is 4.19. The number of carbonyl (C=O) groups excluding carboxylic acids is 1. The molecule has 158 valence electrons. The lowest BCUT2D eigenvalue weighted by Gasteiger charge is -2.32. The summed E-state index contributed by atoms with van der Waals surface area (Å²) in [6, 6.07) is 9.32. The Kier molecular flexibility index (Phi) is 5.41. The van der Waals surface area contributed by atoms with Gasteiger partial charge >= 0.3 is 0 Å². The highest BCUT2D eigenvalue weighted by Gasteiger charge is 2.27. The number of nitrogens with one attached hydrogen (secondary N) is 1. The first-order chi connectivity index (χ1) is 14.7. The van der Waals surface area contributed by atoms with E-state index in [1.54, 1.807) is 6.07 Å². The van der Waals surface area contributed by atoms with Gasteiger partial charge in [0.2, 0.25) is 12.7 Å². The maximum atomic E-state index is 12.7. The van der Waals surface area contributed by atoms with E-state index in [-0.39, 0.29) is 25.4 Å². The van der Waals surface area contributed by atoms with Crippen LogP contribution < -0.4 is 19.5 Å². The van der Waals surface area contributed by atoms with Gasteiger partial charge in [0, 0.05) is 40.4 Å². The molecule has 0 aliphatic carbocycles. The Labute approximate surface area is 179 Å². The number of rotatable bonds is 4. The zero-order valence-electron chi connectivity index (χ0n) is 16.5. The van der Waals surface area contributed by atoms with Crippen molar-refractivity contribution in [3.8, 4) is 17.2 Å². The molecular formula is C22H23ClN2O5. The number of piperidine rings is 1. The lowest BCUT2D eigenvalue weighted by atomic mass is 9.95. The van der Waals surface area contributed by atoms with Crippen LogP contribution in [0.4, 0.5) is 5.69 Å². The van der Waals surface area contributed by atoms with E-state index in [1.807, 2.05) is 24.3 Å². The fourth-order valence-corrected chi connectivity index (χ4v) is 4.45. The third-order valence-electron chi connectivity index (χ3n) is 5.74.